The Morgan fingerprint density at radius 1 is 1.34 bits per heavy atom. The van der Waals surface area contributed by atoms with Crippen LogP contribution in [0.15, 0.2) is 50.5 Å². The normalized spacial score (nSPS) is 13.4. The van der Waals surface area contributed by atoms with Gasteiger partial charge < -0.3 is 14.5 Å². The zero-order valence-corrected chi connectivity index (χ0v) is 18.4. The van der Waals surface area contributed by atoms with E-state index in [1.54, 1.807) is 30.9 Å². The molecule has 29 heavy (non-hydrogen) atoms. The van der Waals surface area contributed by atoms with E-state index >= 15 is 0 Å². The van der Waals surface area contributed by atoms with Crippen molar-refractivity contribution in [3.05, 3.63) is 68.4 Å². The van der Waals surface area contributed by atoms with E-state index in [1.807, 2.05) is 30.3 Å². The number of rotatable bonds is 6. The van der Waals surface area contributed by atoms with Gasteiger partial charge in [0.25, 0.3) is 5.91 Å². The van der Waals surface area contributed by atoms with Gasteiger partial charge >= 0.3 is 0 Å². The predicted molar refractivity (Wildman–Crippen MR) is 119 cm³/mol. The SMILES string of the molecule is COc1ccc(Br)cc1C=Nc1sc2c(c1C(=O)NCc1ccco1)CCCC2. The molecule has 0 atom stereocenters. The molecule has 0 saturated carbocycles. The fourth-order valence-corrected chi connectivity index (χ4v) is 5.09. The van der Waals surface area contributed by atoms with Crippen molar-refractivity contribution in [1.29, 1.82) is 0 Å². The minimum Gasteiger partial charge on any atom is -0.496 e. The van der Waals surface area contributed by atoms with Gasteiger partial charge in [-0.25, -0.2) is 4.99 Å². The average molecular weight is 473 g/mol. The maximum atomic E-state index is 13.0. The fourth-order valence-electron chi connectivity index (χ4n) is 3.48. The molecule has 7 heteroatoms. The summed E-state index contributed by atoms with van der Waals surface area (Å²) in [6.45, 7) is 0.360. The molecule has 150 valence electrons. The number of amides is 1. The molecular weight excluding hydrogens is 452 g/mol. The molecule has 1 amide bonds. The van der Waals surface area contributed by atoms with Crippen LogP contribution in [-0.2, 0) is 19.4 Å². The van der Waals surface area contributed by atoms with Crippen molar-refractivity contribution in [3.8, 4) is 5.75 Å². The number of aliphatic imine (C=N–C) groups is 1. The lowest BCUT2D eigenvalue weighted by Gasteiger charge is -2.12. The Hall–Kier alpha value is -2.38. The lowest BCUT2D eigenvalue weighted by Crippen LogP contribution is -2.23. The summed E-state index contributed by atoms with van der Waals surface area (Å²) in [6.07, 6.45) is 7.56. The minimum absolute atomic E-state index is 0.103. The van der Waals surface area contributed by atoms with Gasteiger partial charge in [0, 0.05) is 21.1 Å². The Balaban J connectivity index is 1.65. The highest BCUT2D eigenvalue weighted by atomic mass is 79.9. The molecule has 1 aromatic carbocycles. The van der Waals surface area contributed by atoms with Gasteiger partial charge in [-0.05, 0) is 61.6 Å². The number of methoxy groups -OCH3 is 1. The second kappa shape index (κ2) is 8.97. The molecule has 0 fully saturated rings. The van der Waals surface area contributed by atoms with Crippen molar-refractivity contribution in [2.75, 3.05) is 7.11 Å². The van der Waals surface area contributed by atoms with E-state index < -0.39 is 0 Å². The number of halogens is 1. The lowest BCUT2D eigenvalue weighted by molar-refractivity contribution is 0.0948. The first-order valence-electron chi connectivity index (χ1n) is 9.48. The average Bonchev–Trinajstić information content (AvgIpc) is 3.38. The van der Waals surface area contributed by atoms with E-state index in [0.717, 1.165) is 57.8 Å². The zero-order chi connectivity index (χ0) is 20.2. The first-order valence-corrected chi connectivity index (χ1v) is 11.1. The van der Waals surface area contributed by atoms with Crippen LogP contribution in [0.4, 0.5) is 5.00 Å². The Labute approximate surface area is 181 Å². The molecular formula is C22H21BrN2O3S. The van der Waals surface area contributed by atoms with E-state index in [2.05, 4.69) is 21.2 Å². The fraction of sp³-hybridized carbons (Fsp3) is 0.273. The molecule has 0 saturated heterocycles. The number of fused-ring (bicyclic) bond motifs is 1. The van der Waals surface area contributed by atoms with Crippen LogP contribution in [0.3, 0.4) is 0 Å². The third-order valence-corrected chi connectivity index (χ3v) is 6.59. The van der Waals surface area contributed by atoms with Crippen molar-refractivity contribution in [1.82, 2.24) is 5.32 Å². The molecule has 2 heterocycles. The van der Waals surface area contributed by atoms with Crippen LogP contribution in [0.5, 0.6) is 5.75 Å². The topological polar surface area (TPSA) is 63.8 Å². The molecule has 0 radical (unpaired) electrons. The molecule has 1 aliphatic rings. The predicted octanol–water partition coefficient (Wildman–Crippen LogP) is 5.67. The Morgan fingerprint density at radius 3 is 3.00 bits per heavy atom. The molecule has 3 aromatic rings. The van der Waals surface area contributed by atoms with E-state index in [0.29, 0.717) is 12.1 Å². The third kappa shape index (κ3) is 4.46. The van der Waals surface area contributed by atoms with Gasteiger partial charge in [-0.3, -0.25) is 4.79 Å². The van der Waals surface area contributed by atoms with Gasteiger partial charge in [-0.2, -0.15) is 0 Å². The molecule has 1 N–H and O–H groups in total. The standard InChI is InChI=1S/C22H21BrN2O3S/c1-27-18-9-8-15(23)11-14(18)12-25-22-20(17-6-2-3-7-19(17)29-22)21(26)24-13-16-5-4-10-28-16/h4-5,8-12H,2-3,6-7,13H2,1H3,(H,24,26). The molecule has 0 spiro atoms. The van der Waals surface area contributed by atoms with Crippen LogP contribution < -0.4 is 10.1 Å². The largest absolute Gasteiger partial charge is 0.496 e. The monoisotopic (exact) mass is 472 g/mol. The molecule has 0 aliphatic heterocycles. The number of hydrogen-bond donors (Lipinski definition) is 1. The molecule has 4 rings (SSSR count). The summed E-state index contributed by atoms with van der Waals surface area (Å²) in [5, 5.41) is 3.72. The van der Waals surface area contributed by atoms with Crippen LogP contribution in [-0.4, -0.2) is 19.2 Å². The summed E-state index contributed by atoms with van der Waals surface area (Å²) in [5.74, 6) is 1.36. The first-order chi connectivity index (χ1) is 14.2. The number of benzene rings is 1. The van der Waals surface area contributed by atoms with Gasteiger partial charge in [0.2, 0.25) is 0 Å². The van der Waals surface area contributed by atoms with Gasteiger partial charge in [0.1, 0.15) is 16.5 Å². The van der Waals surface area contributed by atoms with Crippen LogP contribution >= 0.6 is 27.3 Å². The Morgan fingerprint density at radius 2 is 2.21 bits per heavy atom. The number of nitrogens with one attached hydrogen (secondary N) is 1. The smallest absolute Gasteiger partial charge is 0.255 e. The highest BCUT2D eigenvalue weighted by Gasteiger charge is 2.25. The number of hydrogen-bond acceptors (Lipinski definition) is 5. The van der Waals surface area contributed by atoms with Gasteiger partial charge in [0.15, 0.2) is 0 Å². The maximum Gasteiger partial charge on any atom is 0.255 e. The highest BCUT2D eigenvalue weighted by molar-refractivity contribution is 9.10. The summed E-state index contributed by atoms with van der Waals surface area (Å²) in [4.78, 5) is 19.0. The van der Waals surface area contributed by atoms with Crippen molar-refractivity contribution in [3.63, 3.8) is 0 Å². The van der Waals surface area contributed by atoms with Gasteiger partial charge in [-0.1, -0.05) is 15.9 Å². The summed E-state index contributed by atoms with van der Waals surface area (Å²) in [7, 11) is 1.64. The van der Waals surface area contributed by atoms with Crippen LogP contribution in [0.1, 0.15) is 45.0 Å². The zero-order valence-electron chi connectivity index (χ0n) is 16.0. The Bertz CT molecular complexity index is 1040. The quantitative estimate of drug-likeness (QED) is 0.469. The number of nitrogens with zero attached hydrogens (tertiary/aromatic N) is 1. The second-order valence-electron chi connectivity index (χ2n) is 6.80. The summed E-state index contributed by atoms with van der Waals surface area (Å²) >= 11 is 5.10. The highest BCUT2D eigenvalue weighted by Crippen LogP contribution is 2.40. The molecule has 1 aliphatic carbocycles. The van der Waals surface area contributed by atoms with Gasteiger partial charge in [-0.15, -0.1) is 11.3 Å². The lowest BCUT2D eigenvalue weighted by atomic mass is 9.95. The van der Waals surface area contributed by atoms with E-state index in [1.165, 1.54) is 4.88 Å². The summed E-state index contributed by atoms with van der Waals surface area (Å²) in [6, 6.07) is 9.43. The van der Waals surface area contributed by atoms with Crippen LogP contribution in [0.25, 0.3) is 0 Å². The molecule has 2 aromatic heterocycles. The van der Waals surface area contributed by atoms with E-state index in [4.69, 9.17) is 14.1 Å². The van der Waals surface area contributed by atoms with Crippen LogP contribution in [0, 0.1) is 0 Å². The summed E-state index contributed by atoms with van der Waals surface area (Å²) < 4.78 is 11.7. The van der Waals surface area contributed by atoms with Crippen molar-refractivity contribution in [2.24, 2.45) is 4.99 Å². The number of carbonyl (C=O) groups excluding carboxylic acids is 1. The van der Waals surface area contributed by atoms with Crippen molar-refractivity contribution in [2.45, 2.75) is 32.2 Å². The molecule has 0 unspecified atom stereocenters. The number of aryl methyl sites for hydroxylation is 1. The molecule has 5 nitrogen and oxygen atoms in total. The minimum atomic E-state index is -0.103. The number of carbonyl (C=O) groups is 1. The van der Waals surface area contributed by atoms with Gasteiger partial charge in [0.05, 0.1) is 25.5 Å². The summed E-state index contributed by atoms with van der Waals surface area (Å²) in [5.41, 5.74) is 2.70. The number of ether oxygens (including phenoxy) is 1. The first kappa shape index (κ1) is 19.9. The second-order valence-corrected chi connectivity index (χ2v) is 8.80. The number of furan rings is 1. The van der Waals surface area contributed by atoms with Crippen molar-refractivity contribution >= 4 is 44.4 Å². The molecule has 0 bridgehead atoms. The van der Waals surface area contributed by atoms with E-state index in [-0.39, 0.29) is 5.91 Å². The van der Waals surface area contributed by atoms with E-state index in [9.17, 15) is 4.79 Å². The Kier molecular flexibility index (Phi) is 6.16. The number of thiophene rings is 1. The maximum absolute atomic E-state index is 13.0. The van der Waals surface area contributed by atoms with Crippen molar-refractivity contribution < 1.29 is 13.9 Å². The van der Waals surface area contributed by atoms with Crippen LogP contribution in [0.2, 0.25) is 0 Å². The third-order valence-electron chi connectivity index (χ3n) is 4.90.